The third-order valence-corrected chi connectivity index (χ3v) is 3.89. The molecule has 2 atom stereocenters. The number of thioether (sulfide) groups is 1. The highest BCUT2D eigenvalue weighted by Crippen LogP contribution is 2.31. The van der Waals surface area contributed by atoms with Crippen LogP contribution in [0.4, 0.5) is 0 Å². The van der Waals surface area contributed by atoms with Crippen molar-refractivity contribution >= 4 is 11.8 Å². The minimum Gasteiger partial charge on any atom is -0.396 e. The molecule has 90 valence electrons. The van der Waals surface area contributed by atoms with Crippen LogP contribution in [0.5, 0.6) is 0 Å². The van der Waals surface area contributed by atoms with Gasteiger partial charge < -0.3 is 10.8 Å². The first-order valence-corrected chi connectivity index (χ1v) is 6.69. The Kier molecular flexibility index (Phi) is 5.88. The fourth-order valence-electron chi connectivity index (χ4n) is 1.57. The number of hydrogen-bond acceptors (Lipinski definition) is 3. The molecule has 0 fully saturated rings. The Bertz CT molecular complexity index is 317. The molecule has 3 heteroatoms. The van der Waals surface area contributed by atoms with Crippen molar-refractivity contribution in [3.63, 3.8) is 0 Å². The molecular weight excluding hydrogens is 218 g/mol. The maximum atomic E-state index is 8.90. The lowest BCUT2D eigenvalue weighted by atomic mass is 10.1. The van der Waals surface area contributed by atoms with Crippen molar-refractivity contribution in [2.75, 3.05) is 6.61 Å². The number of aliphatic hydroxyl groups excluding tert-OH is 1. The number of hydrogen-bond donors (Lipinski definition) is 2. The molecule has 0 bridgehead atoms. The molecule has 0 spiro atoms. The van der Waals surface area contributed by atoms with Crippen molar-refractivity contribution < 1.29 is 5.11 Å². The maximum Gasteiger partial charge on any atom is 0.0441 e. The largest absolute Gasteiger partial charge is 0.396 e. The summed E-state index contributed by atoms with van der Waals surface area (Å²) < 4.78 is 0. The van der Waals surface area contributed by atoms with Gasteiger partial charge in [0.1, 0.15) is 0 Å². The predicted octanol–water partition coefficient (Wildman–Crippen LogP) is 2.96. The molecule has 0 aliphatic carbocycles. The van der Waals surface area contributed by atoms with Gasteiger partial charge >= 0.3 is 0 Å². The Hall–Kier alpha value is -0.510. The molecule has 16 heavy (non-hydrogen) atoms. The van der Waals surface area contributed by atoms with Crippen molar-refractivity contribution in [3.8, 4) is 0 Å². The zero-order chi connectivity index (χ0) is 12.0. The monoisotopic (exact) mass is 239 g/mol. The van der Waals surface area contributed by atoms with Crippen LogP contribution in [0.3, 0.4) is 0 Å². The Morgan fingerprint density at radius 3 is 2.69 bits per heavy atom. The van der Waals surface area contributed by atoms with Gasteiger partial charge in [0.15, 0.2) is 0 Å². The van der Waals surface area contributed by atoms with E-state index in [9.17, 15) is 0 Å². The van der Waals surface area contributed by atoms with Crippen LogP contribution in [0.2, 0.25) is 0 Å². The van der Waals surface area contributed by atoms with Gasteiger partial charge in [-0.25, -0.2) is 0 Å². The van der Waals surface area contributed by atoms with E-state index in [0.717, 1.165) is 12.8 Å². The molecule has 1 unspecified atom stereocenters. The Balaban J connectivity index is 2.78. The van der Waals surface area contributed by atoms with Gasteiger partial charge in [0.2, 0.25) is 0 Å². The minimum absolute atomic E-state index is 0.116. The third kappa shape index (κ3) is 3.81. The molecule has 2 nitrogen and oxygen atoms in total. The third-order valence-electron chi connectivity index (χ3n) is 2.62. The average molecular weight is 239 g/mol. The fourth-order valence-corrected chi connectivity index (χ4v) is 2.74. The molecule has 0 amide bonds. The molecule has 0 radical (unpaired) electrons. The highest BCUT2D eigenvalue weighted by Gasteiger charge is 2.11. The van der Waals surface area contributed by atoms with E-state index in [1.807, 2.05) is 12.1 Å². The van der Waals surface area contributed by atoms with Crippen molar-refractivity contribution in [3.05, 3.63) is 29.8 Å². The lowest BCUT2D eigenvalue weighted by Crippen LogP contribution is -2.10. The molecular formula is C13H21NOS. The predicted molar refractivity (Wildman–Crippen MR) is 70.7 cm³/mol. The molecule has 0 saturated carbocycles. The lowest BCUT2D eigenvalue weighted by Gasteiger charge is -2.17. The van der Waals surface area contributed by atoms with Crippen LogP contribution in [0.15, 0.2) is 29.2 Å². The second-order valence-electron chi connectivity index (χ2n) is 3.99. The van der Waals surface area contributed by atoms with Gasteiger partial charge in [-0.3, -0.25) is 0 Å². The van der Waals surface area contributed by atoms with E-state index in [1.165, 1.54) is 10.5 Å². The molecule has 3 N–H and O–H groups in total. The van der Waals surface area contributed by atoms with E-state index in [4.69, 9.17) is 10.8 Å². The Morgan fingerprint density at radius 1 is 1.38 bits per heavy atom. The summed E-state index contributed by atoms with van der Waals surface area (Å²) in [5.41, 5.74) is 7.30. The molecule has 0 aliphatic heterocycles. The fraction of sp³-hybridized carbons (Fsp3) is 0.538. The van der Waals surface area contributed by atoms with E-state index in [0.29, 0.717) is 5.25 Å². The summed E-state index contributed by atoms with van der Waals surface area (Å²) in [5, 5.41) is 9.33. The summed E-state index contributed by atoms with van der Waals surface area (Å²) in [6.07, 6.45) is 1.77. The van der Waals surface area contributed by atoms with Crippen LogP contribution in [0, 0.1) is 0 Å². The van der Waals surface area contributed by atoms with Crippen LogP contribution < -0.4 is 5.73 Å². The highest BCUT2D eigenvalue weighted by molar-refractivity contribution is 8.00. The van der Waals surface area contributed by atoms with E-state index in [2.05, 4.69) is 26.0 Å². The number of aliphatic hydroxyl groups is 1. The molecule has 0 saturated heterocycles. The summed E-state index contributed by atoms with van der Waals surface area (Å²) in [6, 6.07) is 8.40. The lowest BCUT2D eigenvalue weighted by molar-refractivity contribution is 0.289. The van der Waals surface area contributed by atoms with Crippen molar-refractivity contribution in [2.24, 2.45) is 5.73 Å². The van der Waals surface area contributed by atoms with Gasteiger partial charge in [-0.1, -0.05) is 32.0 Å². The molecule has 1 aromatic rings. The quantitative estimate of drug-likeness (QED) is 0.750. The van der Waals surface area contributed by atoms with Crippen LogP contribution in [0.1, 0.15) is 38.3 Å². The summed E-state index contributed by atoms with van der Waals surface area (Å²) >= 11 is 1.80. The molecule has 0 aliphatic rings. The second kappa shape index (κ2) is 6.94. The van der Waals surface area contributed by atoms with Crippen molar-refractivity contribution in [1.82, 2.24) is 0 Å². The molecule has 1 aromatic carbocycles. The summed E-state index contributed by atoms with van der Waals surface area (Å²) in [5.74, 6) is 0. The van der Waals surface area contributed by atoms with Crippen LogP contribution in [-0.2, 0) is 0 Å². The summed E-state index contributed by atoms with van der Waals surface area (Å²) in [7, 11) is 0. The normalized spacial score (nSPS) is 14.8. The minimum atomic E-state index is 0.116. The van der Waals surface area contributed by atoms with Gasteiger partial charge in [-0.15, -0.1) is 11.8 Å². The molecule has 0 aromatic heterocycles. The van der Waals surface area contributed by atoms with Gasteiger partial charge in [0.05, 0.1) is 0 Å². The summed E-state index contributed by atoms with van der Waals surface area (Å²) in [4.78, 5) is 1.25. The average Bonchev–Trinajstić information content (AvgIpc) is 2.29. The number of rotatable bonds is 6. The first kappa shape index (κ1) is 13.6. The van der Waals surface area contributed by atoms with E-state index < -0.39 is 0 Å². The smallest absolute Gasteiger partial charge is 0.0441 e. The van der Waals surface area contributed by atoms with E-state index >= 15 is 0 Å². The van der Waals surface area contributed by atoms with Gasteiger partial charge in [0, 0.05) is 22.8 Å². The Labute approximate surface area is 102 Å². The number of nitrogens with two attached hydrogens (primary N) is 1. The molecule has 0 heterocycles. The van der Waals surface area contributed by atoms with Crippen molar-refractivity contribution in [1.29, 1.82) is 0 Å². The van der Waals surface area contributed by atoms with E-state index in [-0.39, 0.29) is 12.6 Å². The highest BCUT2D eigenvalue weighted by atomic mass is 32.2. The van der Waals surface area contributed by atoms with Crippen molar-refractivity contribution in [2.45, 2.75) is 42.9 Å². The standard InChI is InChI=1S/C13H21NOS/c1-3-12(14)11-6-4-5-7-13(11)16-10(2)8-9-15/h4-7,10,12,15H,3,8-9,14H2,1-2H3/t10?,12-/m1/s1. The number of benzene rings is 1. The SMILES string of the molecule is CC[C@@H](N)c1ccccc1SC(C)CCO. The van der Waals surface area contributed by atoms with Crippen LogP contribution >= 0.6 is 11.8 Å². The first-order valence-electron chi connectivity index (χ1n) is 5.81. The zero-order valence-electron chi connectivity index (χ0n) is 10.0. The second-order valence-corrected chi connectivity index (χ2v) is 5.47. The van der Waals surface area contributed by atoms with Gasteiger partial charge in [-0.2, -0.15) is 0 Å². The van der Waals surface area contributed by atoms with E-state index in [1.54, 1.807) is 11.8 Å². The summed E-state index contributed by atoms with van der Waals surface area (Å²) in [6.45, 7) is 4.48. The zero-order valence-corrected chi connectivity index (χ0v) is 10.8. The molecule has 1 rings (SSSR count). The Morgan fingerprint density at radius 2 is 2.06 bits per heavy atom. The van der Waals surface area contributed by atoms with Gasteiger partial charge in [0.25, 0.3) is 0 Å². The van der Waals surface area contributed by atoms with Crippen LogP contribution in [-0.4, -0.2) is 17.0 Å². The van der Waals surface area contributed by atoms with Crippen LogP contribution in [0.25, 0.3) is 0 Å². The van der Waals surface area contributed by atoms with Gasteiger partial charge in [-0.05, 0) is 24.5 Å². The maximum absolute atomic E-state index is 8.90. The topological polar surface area (TPSA) is 46.2 Å². The first-order chi connectivity index (χ1) is 7.69.